The highest BCUT2D eigenvalue weighted by molar-refractivity contribution is 6.66. The summed E-state index contributed by atoms with van der Waals surface area (Å²) >= 11 is 51.3. The molecule has 2 fully saturated rings. The number of carbonyl (C=O) groups excluding carboxylic acids is 4. The summed E-state index contributed by atoms with van der Waals surface area (Å²) in [6.45, 7) is -0.875. The number of allylic oxidation sites excluding steroid dienone is 2. The zero-order valence-electron chi connectivity index (χ0n) is 19.7. The molecule has 0 aromatic heterocycles. The molecule has 1 saturated carbocycles. The number of benzene rings is 2. The lowest BCUT2D eigenvalue weighted by Crippen LogP contribution is -2.56. The van der Waals surface area contributed by atoms with E-state index in [4.69, 9.17) is 92.8 Å². The van der Waals surface area contributed by atoms with Gasteiger partial charge in [0.05, 0.1) is 36.9 Å². The molecule has 2 bridgehead atoms. The Balaban J connectivity index is 1.59. The number of rotatable bonds is 6. The van der Waals surface area contributed by atoms with Crippen molar-refractivity contribution < 1.29 is 24.1 Å². The maximum absolute atomic E-state index is 13.9. The Morgan fingerprint density at radius 2 is 1.32 bits per heavy atom. The minimum atomic E-state index is -2.21. The zero-order chi connectivity index (χ0) is 30.4. The van der Waals surface area contributed by atoms with Crippen LogP contribution < -0.4 is 0 Å². The Morgan fingerprint density at radius 1 is 0.829 bits per heavy atom. The second-order valence-electron chi connectivity index (χ2n) is 9.29. The van der Waals surface area contributed by atoms with E-state index in [0.717, 1.165) is 24.3 Å². The third-order valence-electron chi connectivity index (χ3n) is 7.22. The molecule has 214 valence electrons. The normalized spacial score (nSPS) is 27.9. The molecule has 0 spiro atoms. The van der Waals surface area contributed by atoms with Crippen molar-refractivity contribution in [1.82, 2.24) is 10.0 Å². The van der Waals surface area contributed by atoms with Gasteiger partial charge in [-0.3, -0.25) is 29.3 Å². The van der Waals surface area contributed by atoms with Crippen molar-refractivity contribution in [3.8, 4) is 0 Å². The van der Waals surface area contributed by atoms with E-state index in [9.17, 15) is 29.3 Å². The molecule has 0 radical (unpaired) electrons. The number of halogens is 8. The Labute approximate surface area is 270 Å². The van der Waals surface area contributed by atoms with Gasteiger partial charge in [0, 0.05) is 23.3 Å². The number of Topliss-reactive ketones (excluding diaryl/α,β-unsaturated/α-hetero) is 1. The molecule has 4 atom stereocenters. The molecular weight excluding hydrogens is 710 g/mol. The average molecular weight is 721 g/mol. The van der Waals surface area contributed by atoms with E-state index in [1.54, 1.807) is 0 Å². The van der Waals surface area contributed by atoms with Crippen LogP contribution in [0.5, 0.6) is 0 Å². The minimum absolute atomic E-state index is 0.0237. The predicted molar refractivity (Wildman–Crippen MR) is 154 cm³/mol. The van der Waals surface area contributed by atoms with E-state index in [1.807, 2.05) is 0 Å². The number of fused-ring (bicyclic) bond motifs is 5. The van der Waals surface area contributed by atoms with Gasteiger partial charge in [0.2, 0.25) is 0 Å². The lowest BCUT2D eigenvalue weighted by molar-refractivity contribution is -0.384. The fourth-order valence-corrected chi connectivity index (χ4v) is 8.45. The topological polar surface area (TPSA) is 118 Å². The van der Waals surface area contributed by atoms with Crippen LogP contribution in [0.2, 0.25) is 10.0 Å². The first-order chi connectivity index (χ1) is 19.0. The second kappa shape index (κ2) is 10.1. The molecule has 1 aliphatic heterocycles. The Kier molecular flexibility index (Phi) is 7.57. The van der Waals surface area contributed by atoms with Gasteiger partial charge in [-0.05, 0) is 30.3 Å². The summed E-state index contributed by atoms with van der Waals surface area (Å²) in [5.74, 6) is -7.08. The van der Waals surface area contributed by atoms with Crippen LogP contribution >= 0.6 is 92.8 Å². The molecule has 2 aromatic rings. The monoisotopic (exact) mass is 717 g/mol. The molecule has 5 rings (SSSR count). The van der Waals surface area contributed by atoms with Gasteiger partial charge < -0.3 is 0 Å². The third kappa shape index (κ3) is 4.04. The lowest BCUT2D eigenvalue weighted by Gasteiger charge is -2.36. The first kappa shape index (κ1) is 30.6. The molecule has 3 amide bonds. The number of non-ortho nitro benzene ring substituents is 1. The number of nitro benzene ring substituents is 1. The number of hydrazine groups is 1. The van der Waals surface area contributed by atoms with Crippen molar-refractivity contribution in [2.45, 2.75) is 14.1 Å². The van der Waals surface area contributed by atoms with E-state index in [-0.39, 0.29) is 36.9 Å². The molecule has 2 aromatic carbocycles. The summed E-state index contributed by atoms with van der Waals surface area (Å²) in [6.07, 6.45) is 0. The molecule has 9 nitrogen and oxygen atoms in total. The molecule has 0 unspecified atom stereocenters. The second-order valence-corrected chi connectivity index (χ2v) is 13.4. The van der Waals surface area contributed by atoms with Gasteiger partial charge >= 0.3 is 0 Å². The average Bonchev–Trinajstić information content (AvgIpc) is 3.31. The van der Waals surface area contributed by atoms with Crippen LogP contribution in [0.4, 0.5) is 5.69 Å². The molecule has 41 heavy (non-hydrogen) atoms. The number of amides is 3. The van der Waals surface area contributed by atoms with Crippen LogP contribution in [0.1, 0.15) is 20.7 Å². The number of hydrogen-bond donors (Lipinski definition) is 0. The largest absolute Gasteiger partial charge is 0.292 e. The number of ketones is 1. The highest BCUT2D eigenvalue weighted by Crippen LogP contribution is 2.77. The molecule has 17 heteroatoms. The van der Waals surface area contributed by atoms with Crippen LogP contribution in [0.25, 0.3) is 0 Å². The van der Waals surface area contributed by atoms with E-state index >= 15 is 0 Å². The van der Waals surface area contributed by atoms with E-state index in [0.29, 0.717) is 10.0 Å². The van der Waals surface area contributed by atoms with Crippen LogP contribution in [0, 0.1) is 22.0 Å². The van der Waals surface area contributed by atoms with Gasteiger partial charge in [-0.15, -0.1) is 23.2 Å². The summed E-state index contributed by atoms with van der Waals surface area (Å²) < 4.78 is -2.21. The van der Waals surface area contributed by atoms with Gasteiger partial charge in [-0.25, -0.2) is 5.01 Å². The van der Waals surface area contributed by atoms with Crippen molar-refractivity contribution in [3.05, 3.63) is 83.8 Å². The van der Waals surface area contributed by atoms with Crippen molar-refractivity contribution in [1.29, 1.82) is 0 Å². The Hall–Kier alpha value is -1.82. The Morgan fingerprint density at radius 3 is 1.78 bits per heavy atom. The molecule has 1 heterocycles. The highest BCUT2D eigenvalue weighted by Gasteiger charge is 2.88. The smallest absolute Gasteiger partial charge is 0.273 e. The van der Waals surface area contributed by atoms with E-state index in [2.05, 4.69) is 0 Å². The summed E-state index contributed by atoms with van der Waals surface area (Å²) in [5, 5.41) is 11.4. The number of imide groups is 1. The van der Waals surface area contributed by atoms with Gasteiger partial charge in [0.25, 0.3) is 23.4 Å². The SMILES string of the molecule is O=C(CN(C(=O)c1ccc(Cl)c(Cl)c1)N1C(=O)[C@@H]2[C@H](C1=O)[C@@]1(Cl)C(Cl)=C(Cl)[C@@]2(Cl)C1(Cl)Cl)c1ccc([N+](=O)[O-])cc1. The maximum Gasteiger partial charge on any atom is 0.273 e. The Bertz CT molecular complexity index is 1570. The molecule has 2 aliphatic carbocycles. The summed E-state index contributed by atoms with van der Waals surface area (Å²) in [4.78, 5) is 60.9. The summed E-state index contributed by atoms with van der Waals surface area (Å²) in [7, 11) is 0. The number of nitrogens with zero attached hydrogens (tertiary/aromatic N) is 3. The fraction of sp³-hybridized carbons (Fsp3) is 0.250. The van der Waals surface area contributed by atoms with Crippen molar-refractivity contribution in [3.63, 3.8) is 0 Å². The number of alkyl halides is 4. The predicted octanol–water partition coefficient (Wildman–Crippen LogP) is 6.59. The molecule has 0 N–H and O–H groups in total. The van der Waals surface area contributed by atoms with Crippen molar-refractivity contribution in [2.24, 2.45) is 11.8 Å². The number of nitro groups is 1. The van der Waals surface area contributed by atoms with E-state index < -0.39 is 60.9 Å². The van der Waals surface area contributed by atoms with Gasteiger partial charge in [0.15, 0.2) is 10.1 Å². The highest BCUT2D eigenvalue weighted by atomic mass is 35.5. The fourth-order valence-electron chi connectivity index (χ4n) is 5.23. The summed E-state index contributed by atoms with van der Waals surface area (Å²) in [6, 6.07) is 8.22. The standard InChI is InChI=1S/C24H11Cl8N3O6/c25-12-6-3-10(7-13(12)26)19(37)33(8-14(36)9-1-4-11(5-2-9)35(40)41)34-20(38)15-16(21(34)39)23(30)18(28)17(27)22(15,29)24(23,31)32/h1-7,15-16H,8H2/t15-,16+,22-,23-/m1/s1. The quantitative estimate of drug-likeness (QED) is 0.109. The van der Waals surface area contributed by atoms with Gasteiger partial charge in [-0.2, -0.15) is 5.01 Å². The minimum Gasteiger partial charge on any atom is -0.292 e. The molecular formula is C24H11Cl8N3O6. The van der Waals surface area contributed by atoms with Crippen molar-refractivity contribution >= 4 is 122 Å². The third-order valence-corrected chi connectivity index (χ3v) is 12.2. The van der Waals surface area contributed by atoms with Gasteiger partial charge in [0.1, 0.15) is 16.3 Å². The van der Waals surface area contributed by atoms with Gasteiger partial charge in [-0.1, -0.05) is 69.6 Å². The first-order valence-corrected chi connectivity index (χ1v) is 14.3. The molecule has 1 saturated heterocycles. The molecule has 3 aliphatic rings. The van der Waals surface area contributed by atoms with Crippen LogP contribution in [-0.4, -0.2) is 59.1 Å². The van der Waals surface area contributed by atoms with Crippen LogP contribution in [0.15, 0.2) is 52.5 Å². The van der Waals surface area contributed by atoms with Crippen LogP contribution in [-0.2, 0) is 9.59 Å². The van der Waals surface area contributed by atoms with E-state index in [1.165, 1.54) is 18.2 Å². The maximum atomic E-state index is 13.9. The zero-order valence-corrected chi connectivity index (χ0v) is 25.8. The number of carbonyl (C=O) groups is 4. The number of hydrogen-bond acceptors (Lipinski definition) is 6. The lowest BCUT2D eigenvalue weighted by atomic mass is 9.84. The van der Waals surface area contributed by atoms with Crippen LogP contribution in [0.3, 0.4) is 0 Å². The van der Waals surface area contributed by atoms with Crippen molar-refractivity contribution in [2.75, 3.05) is 6.54 Å². The first-order valence-electron chi connectivity index (χ1n) is 11.3. The summed E-state index contributed by atoms with van der Waals surface area (Å²) in [5.41, 5.74) is -0.487.